The molecule has 4 nitrogen and oxygen atoms in total. The maximum Gasteiger partial charge on any atom is 0.164 e. The van der Waals surface area contributed by atoms with Gasteiger partial charge in [0.2, 0.25) is 0 Å². The summed E-state index contributed by atoms with van der Waals surface area (Å²) in [4.78, 5) is 15.4. The number of hydrogen-bond acceptors (Lipinski definition) is 4. The van der Waals surface area contributed by atoms with E-state index >= 15 is 0 Å². The lowest BCUT2D eigenvalue weighted by atomic mass is 9.89. The first-order valence-corrected chi connectivity index (χ1v) is 21.4. The third-order valence-corrected chi connectivity index (χ3v) is 12.0. The third-order valence-electron chi connectivity index (χ3n) is 12.0. The zero-order valence-electron chi connectivity index (χ0n) is 34.7. The van der Waals surface area contributed by atoms with Crippen molar-refractivity contribution in [2.24, 2.45) is 0 Å². The van der Waals surface area contributed by atoms with E-state index in [1.807, 2.05) is 60.7 Å². The predicted octanol–water partition coefficient (Wildman–Crippen LogP) is 15.4. The molecule has 0 radical (unpaired) electrons. The van der Waals surface area contributed by atoms with Crippen molar-refractivity contribution in [1.29, 1.82) is 5.26 Å². The van der Waals surface area contributed by atoms with E-state index < -0.39 is 0 Å². The van der Waals surface area contributed by atoms with Gasteiger partial charge in [-0.25, -0.2) is 15.0 Å². The normalized spacial score (nSPS) is 11.1. The Labute approximate surface area is 372 Å². The van der Waals surface area contributed by atoms with Gasteiger partial charge in [-0.2, -0.15) is 5.26 Å². The van der Waals surface area contributed by atoms with Crippen molar-refractivity contribution in [2.45, 2.75) is 0 Å². The van der Waals surface area contributed by atoms with Gasteiger partial charge in [-0.3, -0.25) is 0 Å². The second-order valence-corrected chi connectivity index (χ2v) is 15.9. The summed E-state index contributed by atoms with van der Waals surface area (Å²) in [5.74, 6) is 1.82. The monoisotopic (exact) mass is 814 g/mol. The van der Waals surface area contributed by atoms with Crippen molar-refractivity contribution in [3.05, 3.63) is 236 Å². The van der Waals surface area contributed by atoms with Crippen molar-refractivity contribution in [3.8, 4) is 95.9 Å². The van der Waals surface area contributed by atoms with Crippen molar-refractivity contribution < 1.29 is 0 Å². The molecule has 0 atom stereocenters. The lowest BCUT2D eigenvalue weighted by Gasteiger charge is -2.15. The average molecular weight is 815 g/mol. The van der Waals surface area contributed by atoms with Crippen LogP contribution < -0.4 is 0 Å². The number of nitrogens with zero attached hydrogens (tertiary/aromatic N) is 4. The summed E-state index contributed by atoms with van der Waals surface area (Å²) in [5, 5.41) is 15.0. The van der Waals surface area contributed by atoms with Crippen molar-refractivity contribution >= 4 is 21.5 Å². The van der Waals surface area contributed by atoms with E-state index in [2.05, 4.69) is 176 Å². The maximum atomic E-state index is 10.1. The fourth-order valence-corrected chi connectivity index (χ4v) is 8.89. The van der Waals surface area contributed by atoms with E-state index in [0.717, 1.165) is 66.8 Å². The molecule has 0 unspecified atom stereocenters. The van der Waals surface area contributed by atoms with Gasteiger partial charge in [0.05, 0.1) is 11.6 Å². The van der Waals surface area contributed by atoms with E-state index in [1.54, 1.807) is 0 Å². The molecule has 4 heteroatoms. The SMILES string of the molecule is N#Cc1ccc(-c2ccc(-c3ccccc3-c3nc(-c4ccccc4)nc(-c4ccccc4-c4ccccc4)n3)cc2)c(-c2cccc(-c3cc4ccccc4c4ccccc34)c2)c1. The van der Waals surface area contributed by atoms with Crippen LogP contribution in [0, 0.1) is 11.3 Å². The van der Waals surface area contributed by atoms with Gasteiger partial charge >= 0.3 is 0 Å². The number of aromatic nitrogens is 3. The first kappa shape index (κ1) is 38.2. The summed E-state index contributed by atoms with van der Waals surface area (Å²) in [6, 6.07) is 82.3. The summed E-state index contributed by atoms with van der Waals surface area (Å²) < 4.78 is 0. The quantitative estimate of drug-likeness (QED) is 0.143. The molecule has 0 spiro atoms. The molecule has 11 aromatic rings. The molecule has 0 amide bonds. The number of hydrogen-bond donors (Lipinski definition) is 0. The zero-order valence-corrected chi connectivity index (χ0v) is 34.7. The smallest absolute Gasteiger partial charge is 0.164 e. The van der Waals surface area contributed by atoms with Crippen LogP contribution in [0.5, 0.6) is 0 Å². The molecule has 0 aliphatic rings. The molecule has 0 aliphatic heterocycles. The minimum absolute atomic E-state index is 0.597. The highest BCUT2D eigenvalue weighted by Crippen LogP contribution is 2.40. The summed E-state index contributed by atoms with van der Waals surface area (Å²) in [5.41, 5.74) is 14.0. The molecule has 64 heavy (non-hydrogen) atoms. The van der Waals surface area contributed by atoms with Gasteiger partial charge in [0, 0.05) is 16.7 Å². The summed E-state index contributed by atoms with van der Waals surface area (Å²) >= 11 is 0. The first-order valence-electron chi connectivity index (χ1n) is 21.4. The van der Waals surface area contributed by atoms with Crippen LogP contribution in [0.2, 0.25) is 0 Å². The second kappa shape index (κ2) is 16.6. The molecule has 0 N–H and O–H groups in total. The van der Waals surface area contributed by atoms with Crippen LogP contribution in [0.4, 0.5) is 0 Å². The van der Waals surface area contributed by atoms with E-state index in [0.29, 0.717) is 23.0 Å². The van der Waals surface area contributed by atoms with Gasteiger partial charge in [0.15, 0.2) is 17.5 Å². The standard InChI is InChI=1S/C60H38N4/c61-39-40-30-35-51(56(36-40)45-21-15-22-46(37-45)57-38-47-20-7-8-25-50(47)52-26-11-12-27-53(52)57)43-33-31-42(32-34-43)49-24-10-14-29-55(49)60-63-58(44-18-5-2-6-19-44)62-59(64-60)54-28-13-9-23-48(54)41-16-3-1-4-17-41/h1-38H. The van der Waals surface area contributed by atoms with Crippen LogP contribution in [-0.2, 0) is 0 Å². The maximum absolute atomic E-state index is 10.1. The molecule has 0 bridgehead atoms. The number of rotatable bonds is 8. The Hall–Kier alpha value is -8.78. The van der Waals surface area contributed by atoms with E-state index in [-0.39, 0.29) is 0 Å². The van der Waals surface area contributed by atoms with Crippen molar-refractivity contribution in [2.75, 3.05) is 0 Å². The van der Waals surface area contributed by atoms with Crippen LogP contribution in [0.1, 0.15) is 5.56 Å². The molecule has 0 aliphatic carbocycles. The fraction of sp³-hybridized carbons (Fsp3) is 0. The summed E-state index contributed by atoms with van der Waals surface area (Å²) in [7, 11) is 0. The van der Waals surface area contributed by atoms with Gasteiger partial charge in [-0.15, -0.1) is 0 Å². The number of benzene rings is 10. The Morgan fingerprint density at radius 3 is 1.34 bits per heavy atom. The van der Waals surface area contributed by atoms with Gasteiger partial charge in [0.1, 0.15) is 0 Å². The largest absolute Gasteiger partial charge is 0.208 e. The van der Waals surface area contributed by atoms with Crippen LogP contribution in [0.3, 0.4) is 0 Å². The van der Waals surface area contributed by atoms with Crippen molar-refractivity contribution in [3.63, 3.8) is 0 Å². The molecular formula is C60H38N4. The fourth-order valence-electron chi connectivity index (χ4n) is 8.89. The average Bonchev–Trinajstić information content (AvgIpc) is 3.38. The second-order valence-electron chi connectivity index (χ2n) is 15.9. The Morgan fingerprint density at radius 2 is 0.719 bits per heavy atom. The highest BCUT2D eigenvalue weighted by atomic mass is 15.0. The van der Waals surface area contributed by atoms with Gasteiger partial charge in [-0.05, 0) is 101 Å². The Balaban J connectivity index is 0.995. The Bertz CT molecular complexity index is 3550. The minimum Gasteiger partial charge on any atom is -0.208 e. The van der Waals surface area contributed by atoms with Gasteiger partial charge in [-0.1, -0.05) is 206 Å². The lowest BCUT2D eigenvalue weighted by Crippen LogP contribution is -2.02. The van der Waals surface area contributed by atoms with E-state index in [9.17, 15) is 5.26 Å². The van der Waals surface area contributed by atoms with Crippen LogP contribution in [-0.4, -0.2) is 15.0 Å². The predicted molar refractivity (Wildman–Crippen MR) is 263 cm³/mol. The first-order chi connectivity index (χ1) is 31.7. The summed E-state index contributed by atoms with van der Waals surface area (Å²) in [6.07, 6.45) is 0. The van der Waals surface area contributed by atoms with E-state index in [4.69, 9.17) is 15.0 Å². The Kier molecular flexibility index (Phi) is 9.89. The molecule has 0 saturated heterocycles. The molecule has 11 rings (SSSR count). The van der Waals surface area contributed by atoms with Crippen LogP contribution in [0.15, 0.2) is 231 Å². The minimum atomic E-state index is 0.597. The molecular weight excluding hydrogens is 777 g/mol. The molecule has 1 aromatic heterocycles. The van der Waals surface area contributed by atoms with Crippen LogP contribution in [0.25, 0.3) is 111 Å². The molecule has 0 fully saturated rings. The van der Waals surface area contributed by atoms with Crippen molar-refractivity contribution in [1.82, 2.24) is 15.0 Å². The topological polar surface area (TPSA) is 62.5 Å². The molecule has 1 heterocycles. The molecule has 0 saturated carbocycles. The highest BCUT2D eigenvalue weighted by molar-refractivity contribution is 6.14. The Morgan fingerprint density at radius 1 is 0.266 bits per heavy atom. The number of nitriles is 1. The third kappa shape index (κ3) is 7.18. The number of fused-ring (bicyclic) bond motifs is 3. The lowest BCUT2D eigenvalue weighted by molar-refractivity contribution is 1.07. The van der Waals surface area contributed by atoms with Gasteiger partial charge in [0.25, 0.3) is 0 Å². The molecule has 10 aromatic carbocycles. The van der Waals surface area contributed by atoms with Crippen LogP contribution >= 0.6 is 0 Å². The van der Waals surface area contributed by atoms with E-state index in [1.165, 1.54) is 27.1 Å². The highest BCUT2D eigenvalue weighted by Gasteiger charge is 2.19. The zero-order chi connectivity index (χ0) is 42.8. The van der Waals surface area contributed by atoms with Gasteiger partial charge < -0.3 is 0 Å². The molecule has 298 valence electrons. The summed E-state index contributed by atoms with van der Waals surface area (Å²) in [6.45, 7) is 0.